The van der Waals surface area contributed by atoms with Crippen molar-refractivity contribution in [3.63, 3.8) is 0 Å². The fourth-order valence-corrected chi connectivity index (χ4v) is 3.33. The zero-order valence-corrected chi connectivity index (χ0v) is 15.1. The Morgan fingerprint density at radius 1 is 1.36 bits per heavy atom. The molecule has 25 heavy (non-hydrogen) atoms. The van der Waals surface area contributed by atoms with Gasteiger partial charge in [-0.05, 0) is 5.92 Å². The highest BCUT2D eigenvalue weighted by atomic mass is 32.1. The highest BCUT2D eigenvalue weighted by Gasteiger charge is 2.12. The van der Waals surface area contributed by atoms with Gasteiger partial charge in [-0.1, -0.05) is 25.2 Å². The van der Waals surface area contributed by atoms with Gasteiger partial charge in [0, 0.05) is 26.4 Å². The van der Waals surface area contributed by atoms with Gasteiger partial charge in [-0.2, -0.15) is 5.10 Å². The SMILES string of the molecule is CC(C)Cc1nnc(NC(=O)CCn2cnc3c(cnn3C)c2=O)s1. The lowest BCUT2D eigenvalue weighted by molar-refractivity contribution is -0.116. The Balaban J connectivity index is 1.61. The number of amides is 1. The van der Waals surface area contributed by atoms with Crippen LogP contribution in [0.1, 0.15) is 25.3 Å². The van der Waals surface area contributed by atoms with Crippen molar-refractivity contribution in [2.24, 2.45) is 13.0 Å². The number of nitrogens with zero attached hydrogens (tertiary/aromatic N) is 6. The summed E-state index contributed by atoms with van der Waals surface area (Å²) in [5, 5.41) is 16.6. The first-order chi connectivity index (χ1) is 11.9. The molecule has 1 N–H and O–H groups in total. The molecule has 0 aromatic carbocycles. The van der Waals surface area contributed by atoms with Crippen LogP contribution in [0.4, 0.5) is 5.13 Å². The summed E-state index contributed by atoms with van der Waals surface area (Å²) in [5.74, 6) is 0.267. The van der Waals surface area contributed by atoms with Crippen LogP contribution < -0.4 is 10.9 Å². The number of aryl methyl sites for hydroxylation is 2. The highest BCUT2D eigenvalue weighted by Crippen LogP contribution is 2.18. The van der Waals surface area contributed by atoms with Crippen molar-refractivity contribution in [2.45, 2.75) is 33.2 Å². The summed E-state index contributed by atoms with van der Waals surface area (Å²) in [5.41, 5.74) is 0.318. The second kappa shape index (κ2) is 7.09. The second-order valence-electron chi connectivity index (χ2n) is 6.15. The van der Waals surface area contributed by atoms with E-state index < -0.39 is 0 Å². The van der Waals surface area contributed by atoms with Crippen molar-refractivity contribution in [2.75, 3.05) is 5.32 Å². The van der Waals surface area contributed by atoms with Crippen molar-refractivity contribution >= 4 is 33.4 Å². The number of hydrogen-bond acceptors (Lipinski definition) is 7. The summed E-state index contributed by atoms with van der Waals surface area (Å²) in [4.78, 5) is 28.6. The van der Waals surface area contributed by atoms with E-state index in [9.17, 15) is 9.59 Å². The van der Waals surface area contributed by atoms with Crippen molar-refractivity contribution < 1.29 is 4.79 Å². The standard InChI is InChI=1S/C15H19N7O2S/c1-9(2)6-12-19-20-15(25-12)18-11(23)4-5-22-8-16-13-10(14(22)24)7-17-21(13)3/h7-9H,4-6H2,1-3H3,(H,18,20,23). The molecule has 0 fully saturated rings. The molecule has 0 saturated heterocycles. The summed E-state index contributed by atoms with van der Waals surface area (Å²) in [6.07, 6.45) is 3.90. The molecule has 1 amide bonds. The second-order valence-corrected chi connectivity index (χ2v) is 7.21. The molecule has 0 aliphatic carbocycles. The van der Waals surface area contributed by atoms with E-state index in [1.165, 1.54) is 33.1 Å². The molecule has 3 aromatic rings. The number of aromatic nitrogens is 6. The van der Waals surface area contributed by atoms with Crippen LogP contribution in [0.5, 0.6) is 0 Å². The number of carbonyl (C=O) groups is 1. The van der Waals surface area contributed by atoms with Gasteiger partial charge in [0.05, 0.1) is 12.5 Å². The van der Waals surface area contributed by atoms with Gasteiger partial charge in [0.25, 0.3) is 5.56 Å². The number of rotatable bonds is 6. The fourth-order valence-electron chi connectivity index (χ4n) is 2.37. The predicted octanol–water partition coefficient (Wildman–Crippen LogP) is 1.21. The predicted molar refractivity (Wildman–Crippen MR) is 94.5 cm³/mol. The lowest BCUT2D eigenvalue weighted by atomic mass is 10.1. The van der Waals surface area contributed by atoms with Crippen LogP contribution in [0, 0.1) is 5.92 Å². The number of nitrogens with one attached hydrogen (secondary N) is 1. The van der Waals surface area contributed by atoms with Crippen LogP contribution in [0.15, 0.2) is 17.3 Å². The van der Waals surface area contributed by atoms with E-state index in [-0.39, 0.29) is 24.4 Å². The Morgan fingerprint density at radius 2 is 2.16 bits per heavy atom. The summed E-state index contributed by atoms with van der Waals surface area (Å²) >= 11 is 1.37. The molecule has 0 bridgehead atoms. The Hall–Kier alpha value is -2.62. The first kappa shape index (κ1) is 17.2. The molecular weight excluding hydrogens is 342 g/mol. The number of carbonyl (C=O) groups excluding carboxylic acids is 1. The molecular formula is C15H19N7O2S. The van der Waals surface area contributed by atoms with Gasteiger partial charge in [-0.15, -0.1) is 10.2 Å². The van der Waals surface area contributed by atoms with Gasteiger partial charge in [-0.25, -0.2) is 4.98 Å². The summed E-state index contributed by atoms with van der Waals surface area (Å²) < 4.78 is 2.95. The maximum Gasteiger partial charge on any atom is 0.264 e. The normalized spacial score (nSPS) is 11.4. The number of fused-ring (bicyclic) bond motifs is 1. The lowest BCUT2D eigenvalue weighted by Gasteiger charge is -2.05. The molecule has 0 spiro atoms. The van der Waals surface area contributed by atoms with Crippen LogP contribution in [-0.4, -0.2) is 35.4 Å². The third kappa shape index (κ3) is 3.90. The third-order valence-corrected chi connectivity index (χ3v) is 4.45. The van der Waals surface area contributed by atoms with Gasteiger partial charge in [0.2, 0.25) is 11.0 Å². The van der Waals surface area contributed by atoms with Gasteiger partial charge < -0.3 is 5.32 Å². The minimum atomic E-state index is -0.217. The Labute approximate surface area is 147 Å². The van der Waals surface area contributed by atoms with Crippen LogP contribution in [-0.2, 0) is 24.8 Å². The van der Waals surface area contributed by atoms with Crippen LogP contribution in [0.2, 0.25) is 0 Å². The molecule has 0 unspecified atom stereocenters. The average molecular weight is 361 g/mol. The zero-order valence-electron chi connectivity index (χ0n) is 14.3. The topological polar surface area (TPSA) is 108 Å². The maximum absolute atomic E-state index is 12.3. The molecule has 3 aromatic heterocycles. The van der Waals surface area contributed by atoms with E-state index in [1.54, 1.807) is 7.05 Å². The van der Waals surface area contributed by atoms with Gasteiger partial charge in [0.1, 0.15) is 10.4 Å². The van der Waals surface area contributed by atoms with Gasteiger partial charge >= 0.3 is 0 Å². The monoisotopic (exact) mass is 361 g/mol. The van der Waals surface area contributed by atoms with Crippen molar-refractivity contribution in [3.8, 4) is 0 Å². The molecule has 3 heterocycles. The molecule has 0 saturated carbocycles. The first-order valence-electron chi connectivity index (χ1n) is 7.93. The molecule has 0 atom stereocenters. The quantitative estimate of drug-likeness (QED) is 0.707. The largest absolute Gasteiger partial charge is 0.300 e. The van der Waals surface area contributed by atoms with E-state index >= 15 is 0 Å². The number of hydrogen-bond donors (Lipinski definition) is 1. The first-order valence-corrected chi connectivity index (χ1v) is 8.75. The molecule has 9 nitrogen and oxygen atoms in total. The summed E-state index contributed by atoms with van der Waals surface area (Å²) in [7, 11) is 1.72. The van der Waals surface area contributed by atoms with Crippen LogP contribution in [0.3, 0.4) is 0 Å². The van der Waals surface area contributed by atoms with E-state index in [4.69, 9.17) is 0 Å². The lowest BCUT2D eigenvalue weighted by Crippen LogP contribution is -2.23. The van der Waals surface area contributed by atoms with E-state index in [0.717, 1.165) is 11.4 Å². The minimum Gasteiger partial charge on any atom is -0.300 e. The minimum absolute atomic E-state index is 0.145. The van der Waals surface area contributed by atoms with Crippen molar-refractivity contribution in [1.82, 2.24) is 29.5 Å². The van der Waals surface area contributed by atoms with Crippen LogP contribution in [0.25, 0.3) is 11.0 Å². The maximum atomic E-state index is 12.3. The van der Waals surface area contributed by atoms with Gasteiger partial charge in [-0.3, -0.25) is 18.8 Å². The van der Waals surface area contributed by atoms with E-state index in [1.807, 2.05) is 0 Å². The zero-order chi connectivity index (χ0) is 18.0. The molecule has 3 rings (SSSR count). The molecule has 0 aliphatic heterocycles. The summed E-state index contributed by atoms with van der Waals surface area (Å²) in [6, 6.07) is 0. The molecule has 132 valence electrons. The molecule has 10 heteroatoms. The Bertz CT molecular complexity index is 956. The fraction of sp³-hybridized carbons (Fsp3) is 0.467. The number of anilines is 1. The third-order valence-electron chi connectivity index (χ3n) is 3.59. The van der Waals surface area contributed by atoms with Crippen molar-refractivity contribution in [1.29, 1.82) is 0 Å². The Kier molecular flexibility index (Phi) is 4.88. The van der Waals surface area contributed by atoms with E-state index in [2.05, 4.69) is 39.4 Å². The Morgan fingerprint density at radius 3 is 2.92 bits per heavy atom. The average Bonchev–Trinajstić information content (AvgIpc) is 3.13. The molecule has 0 radical (unpaired) electrons. The van der Waals surface area contributed by atoms with Gasteiger partial charge in [0.15, 0.2) is 5.65 Å². The molecule has 0 aliphatic rings. The highest BCUT2D eigenvalue weighted by molar-refractivity contribution is 7.15. The smallest absolute Gasteiger partial charge is 0.264 e. The van der Waals surface area contributed by atoms with Crippen LogP contribution >= 0.6 is 11.3 Å². The van der Waals surface area contributed by atoms with Crippen molar-refractivity contribution in [3.05, 3.63) is 27.9 Å². The summed E-state index contributed by atoms with van der Waals surface area (Å²) in [6.45, 7) is 4.44. The van der Waals surface area contributed by atoms with E-state index in [0.29, 0.717) is 22.1 Å².